The predicted molar refractivity (Wildman–Crippen MR) is 452 cm³/mol. The lowest BCUT2D eigenvalue weighted by Gasteiger charge is -2.27. The van der Waals surface area contributed by atoms with Gasteiger partial charge in [0.15, 0.2) is 142 Å². The number of halogens is 5. The predicted octanol–water partition coefficient (Wildman–Crippen LogP) is -1.81. The Labute approximate surface area is 762 Å². The molecule has 0 saturated carbocycles. The molecule has 29 atom stereocenters. The minimum atomic E-state index is -4.38. The van der Waals surface area contributed by atoms with E-state index >= 15 is 22.0 Å². The van der Waals surface area contributed by atoms with Crippen LogP contribution in [0.15, 0.2) is 58.7 Å². The number of hydrogen-bond acceptors (Lipinski definition) is 50. The molecule has 12 aromatic rings. The van der Waals surface area contributed by atoms with Crippen molar-refractivity contribution in [1.29, 1.82) is 0 Å². The number of nitrogen functional groups attached to an aromatic ring is 5. The van der Waals surface area contributed by atoms with E-state index in [1.165, 1.54) is 32.7 Å². The first-order valence-corrected chi connectivity index (χ1v) is 53.5. The van der Waals surface area contributed by atoms with Crippen molar-refractivity contribution in [3.05, 3.63) is 75.4 Å². The molecule has 76 heteroatoms. The molecular weight excluding hydrogens is 2040 g/mol. The fraction of sp³-hybridized carbons (Fsp3) is 0.526. The third-order valence-electron chi connectivity index (χ3n) is 21.1. The number of H-pyrrole nitrogens is 3. The van der Waals surface area contributed by atoms with Crippen molar-refractivity contribution >= 4 is 207 Å². The van der Waals surface area contributed by atoms with E-state index in [2.05, 4.69) is 106 Å². The fourth-order valence-corrected chi connectivity index (χ4v) is 23.8. The molecule has 0 spiro atoms. The number of aromatic amines is 3. The van der Waals surface area contributed by atoms with Gasteiger partial charge in [0.25, 0.3) is 16.7 Å². The smallest absolute Gasteiger partial charge is 0.325 e. The Kier molecular flexibility index (Phi) is 25.6. The fourth-order valence-electron chi connectivity index (χ4n) is 15.3. The number of nitrogens with zero attached hydrogens (tertiary/aromatic N) is 24. The zero-order valence-corrected chi connectivity index (χ0v) is 75.9. The maximum atomic E-state index is 16.0. The average Bonchev–Trinajstić information content (AvgIpc) is 1.61. The summed E-state index contributed by atoms with van der Waals surface area (Å²) in [5.41, 5.74) is 27.0. The lowest BCUT2D eigenvalue weighted by atomic mass is 10.1. The van der Waals surface area contributed by atoms with Gasteiger partial charge in [-0.1, -0.05) is 15.6 Å². The van der Waals surface area contributed by atoms with Crippen LogP contribution in [0.2, 0.25) is 0 Å². The molecule has 9 aliphatic heterocycles. The number of fused-ring (bicyclic) bond motifs is 15. The number of imidazole rings is 3. The monoisotopic (exact) mass is 2100 g/mol. The summed E-state index contributed by atoms with van der Waals surface area (Å²) in [6, 6.07) is 0. The Hall–Kier alpha value is -7.92. The summed E-state index contributed by atoms with van der Waals surface area (Å²) in [6.07, 6.45) is -27.7. The third-order valence-corrected chi connectivity index (χ3v) is 30.5. The summed E-state index contributed by atoms with van der Waals surface area (Å²) in [4.78, 5) is 157. The van der Waals surface area contributed by atoms with Gasteiger partial charge in [-0.2, -0.15) is 24.0 Å². The molecule has 59 nitrogen and oxygen atoms in total. The first-order chi connectivity index (χ1) is 63.1. The molecule has 0 aliphatic carbocycles. The Balaban J connectivity index is 0.000000129. The molecule has 9 saturated heterocycles. The molecular formula is C57H63F5N32O27P6S6. The first kappa shape index (κ1) is 94.1. The molecule has 0 aromatic carbocycles. The Bertz CT molecular complexity index is 7050. The summed E-state index contributed by atoms with van der Waals surface area (Å²) in [6.45, 7) is -29.2. The van der Waals surface area contributed by atoms with Gasteiger partial charge in [0.2, 0.25) is 11.9 Å². The highest BCUT2D eigenvalue weighted by Crippen LogP contribution is 2.60. The summed E-state index contributed by atoms with van der Waals surface area (Å²) in [5, 5.41) is 23.1. The molecule has 9 fully saturated rings. The van der Waals surface area contributed by atoms with E-state index in [9.17, 15) is 43.7 Å². The van der Waals surface area contributed by atoms with Gasteiger partial charge in [-0.25, -0.2) is 71.8 Å². The van der Waals surface area contributed by atoms with Crippen molar-refractivity contribution in [1.82, 2.24) is 133 Å². The Morgan fingerprint density at radius 3 is 1.18 bits per heavy atom. The summed E-state index contributed by atoms with van der Waals surface area (Å²) >= 11 is 31.0. The van der Waals surface area contributed by atoms with Crippen LogP contribution >= 0.6 is 40.3 Å². The second-order valence-electron chi connectivity index (χ2n) is 29.5. The van der Waals surface area contributed by atoms with Gasteiger partial charge < -0.3 is 123 Å². The standard InChI is InChI=1S/C20H21F2N9O9P2S2.C19H21F2N11O9P2S2.C18H21FN12O9P2S2/c21-9-7-1-35-41(33,43)39-13-8(38-19(10(13)22)30-5-28-11-15(23)24-3-25-16(11)30)2-36-42(34,44)40-14(9)20(37-7)31-6-29-12-17(31)26-4-27-18(12)32;20-7-5-1-36-42(34,44)40-11-6(39-17(8(11)21)31-4-26-9-13(22)24-3-25-14(9)31)2-37-43(35,45)41-12(7)18(38-5)32-15-10(29-30-32)16(33)28-19(23)27-15;19-8-11-7(38-17(8)30-13-9(26-28-30)12(20)22-4-23-13)3-36-41(33,43)39-6-1-5(2-35-42(34,44)40-11)37-16(6)31-14-10(27-29-31)15(32)25-18(21)24-14/h3-10,13-14,19-20H,1-2H2,(H,33,43)(H,34,44)(H2,23,24,25)(H,26,27,32);3-8,11-12,17-18H,1-2H2,(H,34,44)(H,35,45)(H2,22,24,25)(H3,23,27,28,33);4-8,11,16-17H,1-3H2,(H,33,43)(H,34,44)(H2,20,22,23)(H3,21,24,25,32)/t7-,8-,9+,10+,13-,14-,19-,20-,41?,42?;5-,6-,7+,8+,11-,12-,17-,18-,42?,43?;5-,6+,7+,8-,11+,16+,17+,41?,42?/m110/s1. The number of hydrogen-bond donors (Lipinski definition) is 14. The van der Waals surface area contributed by atoms with E-state index in [1.54, 1.807) is 0 Å². The molecule has 714 valence electrons. The number of anilines is 5. The number of ether oxygens (including phenoxy) is 6. The van der Waals surface area contributed by atoms with Crippen LogP contribution in [0.5, 0.6) is 0 Å². The second-order valence-corrected chi connectivity index (χ2v) is 46.3. The molecule has 12 aromatic heterocycles. The molecule has 6 unspecified atom stereocenters. The first-order valence-electron chi connectivity index (χ1n) is 38.0. The van der Waals surface area contributed by atoms with Gasteiger partial charge >= 0.3 is 40.3 Å². The minimum Gasteiger partial charge on any atom is -0.382 e. The van der Waals surface area contributed by atoms with Crippen LogP contribution in [-0.4, -0.2) is 307 Å². The van der Waals surface area contributed by atoms with Crippen LogP contribution in [0.1, 0.15) is 43.8 Å². The summed E-state index contributed by atoms with van der Waals surface area (Å²) < 4.78 is 188. The normalized spacial score (nSPS) is 37.5. The van der Waals surface area contributed by atoms with E-state index in [4.69, 9.17) is 182 Å². The van der Waals surface area contributed by atoms with Gasteiger partial charge in [-0.15, -0.1) is 15.3 Å². The largest absolute Gasteiger partial charge is 0.382 e. The number of alkyl halides is 5. The van der Waals surface area contributed by atoms with Crippen LogP contribution in [-0.2, 0) is 154 Å². The van der Waals surface area contributed by atoms with E-state index in [0.29, 0.717) is 0 Å². The molecule has 6 bridgehead atoms. The second kappa shape index (κ2) is 36.1. The Morgan fingerprint density at radius 2 is 0.699 bits per heavy atom. The number of nitrogens with one attached hydrogen (secondary N) is 3. The minimum absolute atomic E-state index is 0.00858. The van der Waals surface area contributed by atoms with Crippen molar-refractivity contribution in [2.24, 2.45) is 0 Å². The van der Waals surface area contributed by atoms with Crippen molar-refractivity contribution in [2.45, 2.75) is 148 Å². The molecule has 19 N–H and O–H groups in total. The highest BCUT2D eigenvalue weighted by Gasteiger charge is 2.59. The molecule has 21 rings (SSSR count). The zero-order chi connectivity index (χ0) is 93.8. The van der Waals surface area contributed by atoms with E-state index < -0.39 is 231 Å². The maximum Gasteiger partial charge on any atom is 0.325 e. The topological polar surface area (TPSA) is 778 Å². The summed E-state index contributed by atoms with van der Waals surface area (Å²) in [5.74, 6) is -0.404. The van der Waals surface area contributed by atoms with Gasteiger partial charge in [-0.05, 0) is 70.8 Å². The van der Waals surface area contributed by atoms with Gasteiger partial charge in [0.1, 0.15) is 97.2 Å². The molecule has 21 heterocycles. The van der Waals surface area contributed by atoms with Crippen LogP contribution in [0.3, 0.4) is 0 Å². The number of nitrogens with two attached hydrogens (primary N) is 5. The van der Waals surface area contributed by atoms with Crippen LogP contribution in [0.25, 0.3) is 67.0 Å². The maximum absolute atomic E-state index is 16.0. The van der Waals surface area contributed by atoms with Crippen LogP contribution in [0, 0.1) is 0 Å². The van der Waals surface area contributed by atoms with Gasteiger partial charge in [0.05, 0.1) is 71.1 Å². The quantitative estimate of drug-likeness (QED) is 0.0644. The molecule has 133 heavy (non-hydrogen) atoms. The molecule has 0 radical (unpaired) electrons. The molecule has 0 amide bonds. The zero-order valence-electron chi connectivity index (χ0n) is 65.7. The van der Waals surface area contributed by atoms with E-state index in [-0.39, 0.29) is 109 Å². The van der Waals surface area contributed by atoms with E-state index in [1.807, 2.05) is 0 Å². The van der Waals surface area contributed by atoms with Crippen molar-refractivity contribution in [3.63, 3.8) is 0 Å². The van der Waals surface area contributed by atoms with E-state index in [0.717, 1.165) is 39.4 Å². The van der Waals surface area contributed by atoms with Gasteiger partial charge in [-0.3, -0.25) is 60.7 Å². The van der Waals surface area contributed by atoms with Crippen molar-refractivity contribution in [2.75, 3.05) is 68.3 Å². The summed E-state index contributed by atoms with van der Waals surface area (Å²) in [7, 11) is 0. The highest BCUT2D eigenvalue weighted by atomic mass is 32.5. The lowest BCUT2D eigenvalue weighted by Crippen LogP contribution is -2.34. The lowest BCUT2D eigenvalue weighted by molar-refractivity contribution is -0.0651. The highest BCUT2D eigenvalue weighted by molar-refractivity contribution is 8.08. The Morgan fingerprint density at radius 1 is 0.346 bits per heavy atom. The molecule has 9 aliphatic rings. The number of aromatic nitrogens is 27. The number of rotatable bonds is 6. The van der Waals surface area contributed by atoms with Gasteiger partial charge in [0, 0.05) is 6.42 Å². The third kappa shape index (κ3) is 18.5. The SMILES string of the molecule is Nc1nc2c(nnn2[C@@H]2O[C@@H]3COP(O)(=S)O[C@H]4[C@H](F)[C@H](n5cnc6c(N)ncnc65)O[C@@H]4COP(O)(=S)O[C@@H]2[C@H]3F)c(=O)[nH]1.Nc1nc2c(nnn2[C@@H]2O[C@@H]3COP(O)(=S)O[C@H]4[C@H](F)[C@H](n5nnc6c(N)ncnc65)O[C@@H]4COP(O)(=S)O[C@@H]2C3)c(=O)[nH]1.Nc1ncnc2c1ncn2[C@@H]1O[C@@H]2COP(O)(=S)O[C@@H]3[C@@H](F)[C@@H](COP(O)(=S)O[C@H]2[C@@H]1F)O[C@H]3n1cnc2c(=O)[nH]cnc21. The average molecular weight is 2100 g/mol. The van der Waals surface area contributed by atoms with Crippen molar-refractivity contribution in [3.8, 4) is 0 Å². The van der Waals surface area contributed by atoms with Crippen LogP contribution in [0.4, 0.5) is 51.3 Å². The van der Waals surface area contributed by atoms with Crippen LogP contribution < -0.4 is 45.3 Å². The van der Waals surface area contributed by atoms with Crippen molar-refractivity contribution < 1.29 is 134 Å².